The zero-order chi connectivity index (χ0) is 12.3. The summed E-state index contributed by atoms with van der Waals surface area (Å²) in [6.45, 7) is 4.48. The van der Waals surface area contributed by atoms with Crippen LogP contribution in [0.4, 0.5) is 0 Å². The van der Waals surface area contributed by atoms with Crippen LogP contribution in [-0.4, -0.2) is 15.0 Å². The molecule has 5 heteroatoms. The van der Waals surface area contributed by atoms with Crippen LogP contribution < -0.4 is 5.73 Å². The van der Waals surface area contributed by atoms with E-state index >= 15 is 0 Å². The van der Waals surface area contributed by atoms with Crippen molar-refractivity contribution in [2.24, 2.45) is 5.73 Å². The van der Waals surface area contributed by atoms with E-state index in [-0.39, 0.29) is 0 Å². The van der Waals surface area contributed by atoms with Gasteiger partial charge in [-0.2, -0.15) is 0 Å². The fourth-order valence-corrected chi connectivity index (χ4v) is 2.20. The number of pyridine rings is 1. The van der Waals surface area contributed by atoms with Gasteiger partial charge in [0, 0.05) is 24.6 Å². The highest BCUT2D eigenvalue weighted by Gasteiger charge is 2.06. The molecule has 0 saturated heterocycles. The van der Waals surface area contributed by atoms with Crippen LogP contribution >= 0.6 is 11.8 Å². The van der Waals surface area contributed by atoms with E-state index in [2.05, 4.69) is 15.0 Å². The van der Waals surface area contributed by atoms with Crippen molar-refractivity contribution in [3.63, 3.8) is 0 Å². The van der Waals surface area contributed by atoms with Gasteiger partial charge in [0.15, 0.2) is 5.16 Å². The molecular weight excluding hydrogens is 232 g/mol. The zero-order valence-electron chi connectivity index (χ0n) is 9.84. The summed E-state index contributed by atoms with van der Waals surface area (Å²) in [4.78, 5) is 12.9. The van der Waals surface area contributed by atoms with E-state index in [9.17, 15) is 0 Å². The van der Waals surface area contributed by atoms with Crippen molar-refractivity contribution in [1.82, 2.24) is 15.0 Å². The summed E-state index contributed by atoms with van der Waals surface area (Å²) in [5, 5.41) is 1.65. The van der Waals surface area contributed by atoms with Gasteiger partial charge in [0.25, 0.3) is 0 Å². The Morgan fingerprint density at radius 3 is 2.76 bits per heavy atom. The molecule has 0 amide bonds. The summed E-state index contributed by atoms with van der Waals surface area (Å²) in [6, 6.07) is 3.92. The van der Waals surface area contributed by atoms with Gasteiger partial charge < -0.3 is 5.73 Å². The van der Waals surface area contributed by atoms with Gasteiger partial charge in [0.2, 0.25) is 0 Å². The molecule has 0 spiro atoms. The van der Waals surface area contributed by atoms with Crippen molar-refractivity contribution in [1.29, 1.82) is 0 Å². The molecule has 2 N–H and O–H groups in total. The average Bonchev–Trinajstić information content (AvgIpc) is 2.32. The largest absolute Gasteiger partial charge is 0.326 e. The molecule has 0 aromatic carbocycles. The van der Waals surface area contributed by atoms with Crippen LogP contribution in [0.2, 0.25) is 0 Å². The summed E-state index contributed by atoms with van der Waals surface area (Å²) >= 11 is 1.47. The fraction of sp³-hybridized carbons (Fsp3) is 0.250. The minimum Gasteiger partial charge on any atom is -0.326 e. The molecule has 0 atom stereocenters. The van der Waals surface area contributed by atoms with Gasteiger partial charge >= 0.3 is 0 Å². The highest BCUT2D eigenvalue weighted by molar-refractivity contribution is 7.99. The molecule has 0 aliphatic heterocycles. The zero-order valence-corrected chi connectivity index (χ0v) is 10.7. The molecule has 0 radical (unpaired) electrons. The van der Waals surface area contributed by atoms with Gasteiger partial charge in [-0.3, -0.25) is 0 Å². The van der Waals surface area contributed by atoms with Crippen molar-refractivity contribution < 1.29 is 0 Å². The third kappa shape index (κ3) is 3.01. The predicted octanol–water partition coefficient (Wildman–Crippen LogP) is 2.10. The van der Waals surface area contributed by atoms with E-state index in [1.807, 2.05) is 26.0 Å². The Kier molecular flexibility index (Phi) is 3.71. The first-order valence-electron chi connectivity index (χ1n) is 5.32. The first-order valence-corrected chi connectivity index (χ1v) is 6.14. The lowest BCUT2D eigenvalue weighted by molar-refractivity contribution is 0.921. The molecule has 2 aromatic rings. The standard InChI is InChI=1S/C12H14N4S/c1-8-5-10(6-13)7-15-11(8)17-12-14-4-3-9(2)16-12/h3-5,7H,6,13H2,1-2H3. The Balaban J connectivity index is 2.24. The maximum Gasteiger partial charge on any atom is 0.194 e. The number of nitrogens with two attached hydrogens (primary N) is 1. The lowest BCUT2D eigenvalue weighted by Gasteiger charge is -2.05. The minimum atomic E-state index is 0.514. The van der Waals surface area contributed by atoms with E-state index in [1.165, 1.54) is 11.8 Å². The Bertz CT molecular complexity index is 528. The number of hydrogen-bond donors (Lipinski definition) is 1. The van der Waals surface area contributed by atoms with Crippen LogP contribution in [-0.2, 0) is 6.54 Å². The van der Waals surface area contributed by atoms with Gasteiger partial charge in [-0.05, 0) is 42.8 Å². The molecule has 0 bridgehead atoms. The number of rotatable bonds is 3. The Morgan fingerprint density at radius 2 is 2.12 bits per heavy atom. The first kappa shape index (κ1) is 12.0. The summed E-state index contributed by atoms with van der Waals surface area (Å²) in [6.07, 6.45) is 3.55. The number of aromatic nitrogens is 3. The van der Waals surface area contributed by atoms with Crippen molar-refractivity contribution in [2.45, 2.75) is 30.6 Å². The van der Waals surface area contributed by atoms with Crippen LogP contribution in [0.1, 0.15) is 16.8 Å². The number of hydrogen-bond acceptors (Lipinski definition) is 5. The fourth-order valence-electron chi connectivity index (χ4n) is 1.40. The highest BCUT2D eigenvalue weighted by Crippen LogP contribution is 2.25. The van der Waals surface area contributed by atoms with Crippen LogP contribution in [0, 0.1) is 13.8 Å². The monoisotopic (exact) mass is 246 g/mol. The average molecular weight is 246 g/mol. The molecule has 2 rings (SSSR count). The summed E-state index contributed by atoms with van der Waals surface area (Å²) in [5.41, 5.74) is 8.67. The van der Waals surface area contributed by atoms with E-state index in [4.69, 9.17) is 5.73 Å². The Morgan fingerprint density at radius 1 is 1.29 bits per heavy atom. The third-order valence-corrected chi connectivity index (χ3v) is 3.28. The minimum absolute atomic E-state index is 0.514. The van der Waals surface area contributed by atoms with Gasteiger partial charge in [-0.25, -0.2) is 15.0 Å². The molecule has 0 unspecified atom stereocenters. The Labute approximate surface area is 105 Å². The van der Waals surface area contributed by atoms with E-state index < -0.39 is 0 Å². The van der Waals surface area contributed by atoms with E-state index in [0.717, 1.165) is 27.0 Å². The second-order valence-electron chi connectivity index (χ2n) is 3.75. The third-order valence-electron chi connectivity index (χ3n) is 2.28. The molecule has 4 nitrogen and oxygen atoms in total. The van der Waals surface area contributed by atoms with Gasteiger partial charge in [0.1, 0.15) is 5.03 Å². The van der Waals surface area contributed by atoms with Gasteiger partial charge in [0.05, 0.1) is 0 Å². The molecule has 0 saturated carbocycles. The lowest BCUT2D eigenvalue weighted by Crippen LogP contribution is -1.99. The quantitative estimate of drug-likeness (QED) is 0.840. The lowest BCUT2D eigenvalue weighted by atomic mass is 10.2. The topological polar surface area (TPSA) is 64.7 Å². The van der Waals surface area contributed by atoms with Gasteiger partial charge in [-0.15, -0.1) is 0 Å². The second-order valence-corrected chi connectivity index (χ2v) is 4.71. The van der Waals surface area contributed by atoms with Gasteiger partial charge in [-0.1, -0.05) is 6.07 Å². The molecule has 88 valence electrons. The van der Waals surface area contributed by atoms with E-state index in [0.29, 0.717) is 6.54 Å². The molecule has 0 fully saturated rings. The molecule has 17 heavy (non-hydrogen) atoms. The van der Waals surface area contributed by atoms with Crippen LogP contribution in [0.3, 0.4) is 0 Å². The maximum absolute atomic E-state index is 5.57. The SMILES string of the molecule is Cc1ccnc(Sc2ncc(CN)cc2C)n1. The summed E-state index contributed by atoms with van der Waals surface area (Å²) < 4.78 is 0. The molecule has 2 heterocycles. The highest BCUT2D eigenvalue weighted by atomic mass is 32.2. The maximum atomic E-state index is 5.57. The summed E-state index contributed by atoms with van der Waals surface area (Å²) in [7, 11) is 0. The van der Waals surface area contributed by atoms with Crippen molar-refractivity contribution in [3.8, 4) is 0 Å². The molecule has 0 aliphatic rings. The smallest absolute Gasteiger partial charge is 0.194 e. The van der Waals surface area contributed by atoms with Crippen molar-refractivity contribution in [3.05, 3.63) is 41.3 Å². The molecular formula is C12H14N4S. The molecule has 0 aliphatic carbocycles. The predicted molar refractivity (Wildman–Crippen MR) is 67.8 cm³/mol. The number of aryl methyl sites for hydroxylation is 2. The summed E-state index contributed by atoms with van der Waals surface area (Å²) in [5.74, 6) is 0. The van der Waals surface area contributed by atoms with Crippen molar-refractivity contribution in [2.75, 3.05) is 0 Å². The second kappa shape index (κ2) is 5.25. The normalized spacial score (nSPS) is 10.5. The van der Waals surface area contributed by atoms with Crippen LogP contribution in [0.5, 0.6) is 0 Å². The Hall–Kier alpha value is -1.46. The van der Waals surface area contributed by atoms with Crippen molar-refractivity contribution >= 4 is 11.8 Å². The van der Waals surface area contributed by atoms with Crippen LogP contribution in [0.25, 0.3) is 0 Å². The number of nitrogens with zero attached hydrogens (tertiary/aromatic N) is 3. The molecule has 2 aromatic heterocycles. The first-order chi connectivity index (χ1) is 8.19. The van der Waals surface area contributed by atoms with E-state index in [1.54, 1.807) is 12.4 Å². The van der Waals surface area contributed by atoms with Crippen LogP contribution in [0.15, 0.2) is 34.7 Å².